The standard InChI is InChI=1S/C11H15N3O5S/c1-19-11-5-4-9(8-10(11)14(15)16)20(17,18)13-7-3-2-6-12/h2-5,8,13H,6-7,12H2,1H3/b3-2+. The molecular formula is C11H15N3O5S. The smallest absolute Gasteiger partial charge is 0.312 e. The predicted molar refractivity (Wildman–Crippen MR) is 73.0 cm³/mol. The summed E-state index contributed by atoms with van der Waals surface area (Å²) in [6, 6.07) is 3.43. The minimum Gasteiger partial charge on any atom is -0.490 e. The SMILES string of the molecule is COc1ccc(S(=O)(=O)NC/C=C/CN)cc1[N+](=O)[O-]. The zero-order chi connectivity index (χ0) is 15.2. The van der Waals surface area contributed by atoms with Gasteiger partial charge in [-0.05, 0) is 12.1 Å². The third-order valence-corrected chi connectivity index (χ3v) is 3.77. The lowest BCUT2D eigenvalue weighted by Crippen LogP contribution is -2.24. The molecule has 110 valence electrons. The van der Waals surface area contributed by atoms with Crippen LogP contribution in [0.5, 0.6) is 5.75 Å². The van der Waals surface area contributed by atoms with E-state index in [0.29, 0.717) is 6.54 Å². The Balaban J connectivity index is 3.04. The lowest BCUT2D eigenvalue weighted by Gasteiger charge is -2.06. The summed E-state index contributed by atoms with van der Waals surface area (Å²) in [4.78, 5) is 9.94. The molecule has 0 aliphatic heterocycles. The summed E-state index contributed by atoms with van der Waals surface area (Å²) >= 11 is 0. The van der Waals surface area contributed by atoms with Crippen molar-refractivity contribution in [3.05, 3.63) is 40.5 Å². The van der Waals surface area contributed by atoms with Crippen LogP contribution in [0.2, 0.25) is 0 Å². The van der Waals surface area contributed by atoms with Gasteiger partial charge < -0.3 is 10.5 Å². The summed E-state index contributed by atoms with van der Waals surface area (Å²) in [6.07, 6.45) is 3.15. The number of hydrogen-bond donors (Lipinski definition) is 2. The first kappa shape index (κ1) is 16.1. The van der Waals surface area contributed by atoms with E-state index in [9.17, 15) is 18.5 Å². The topological polar surface area (TPSA) is 125 Å². The zero-order valence-electron chi connectivity index (χ0n) is 10.8. The van der Waals surface area contributed by atoms with E-state index in [0.717, 1.165) is 6.07 Å². The molecule has 0 saturated carbocycles. The largest absolute Gasteiger partial charge is 0.490 e. The molecule has 0 atom stereocenters. The Morgan fingerprint density at radius 3 is 2.70 bits per heavy atom. The molecule has 0 unspecified atom stereocenters. The van der Waals surface area contributed by atoms with Crippen LogP contribution in [0.25, 0.3) is 0 Å². The molecule has 8 nitrogen and oxygen atoms in total. The van der Waals surface area contributed by atoms with E-state index >= 15 is 0 Å². The molecule has 9 heteroatoms. The van der Waals surface area contributed by atoms with E-state index in [1.54, 1.807) is 12.2 Å². The lowest BCUT2D eigenvalue weighted by molar-refractivity contribution is -0.386. The maximum absolute atomic E-state index is 11.9. The van der Waals surface area contributed by atoms with Gasteiger partial charge in [-0.2, -0.15) is 0 Å². The van der Waals surface area contributed by atoms with Crippen LogP contribution >= 0.6 is 0 Å². The van der Waals surface area contributed by atoms with Gasteiger partial charge in [-0.25, -0.2) is 13.1 Å². The number of sulfonamides is 1. The summed E-state index contributed by atoms with van der Waals surface area (Å²) in [5.41, 5.74) is 4.81. The average molecular weight is 301 g/mol. The van der Waals surface area contributed by atoms with E-state index in [-0.39, 0.29) is 17.2 Å². The third kappa shape index (κ3) is 4.02. The van der Waals surface area contributed by atoms with Gasteiger partial charge in [0.25, 0.3) is 0 Å². The molecule has 0 saturated heterocycles. The van der Waals surface area contributed by atoms with E-state index in [1.807, 2.05) is 0 Å². The molecule has 0 radical (unpaired) electrons. The first-order chi connectivity index (χ1) is 9.42. The summed E-state index contributed by atoms with van der Waals surface area (Å²) in [6.45, 7) is 0.356. The maximum atomic E-state index is 11.9. The summed E-state index contributed by atoms with van der Waals surface area (Å²) in [5.74, 6) is -0.00280. The molecule has 3 N–H and O–H groups in total. The van der Waals surface area contributed by atoms with Crippen molar-refractivity contribution in [1.82, 2.24) is 4.72 Å². The molecule has 0 heterocycles. The first-order valence-corrected chi connectivity index (χ1v) is 7.08. The summed E-state index contributed by atoms with van der Waals surface area (Å²) < 4.78 is 30.9. The molecule has 0 amide bonds. The van der Waals surface area contributed by atoms with E-state index in [2.05, 4.69) is 4.72 Å². The Morgan fingerprint density at radius 2 is 2.15 bits per heavy atom. The Bertz CT molecular complexity index is 612. The second-order valence-electron chi connectivity index (χ2n) is 3.65. The van der Waals surface area contributed by atoms with Crippen LogP contribution in [0.3, 0.4) is 0 Å². The molecule has 0 aromatic heterocycles. The number of hydrogen-bond acceptors (Lipinski definition) is 6. The van der Waals surface area contributed by atoms with Gasteiger partial charge >= 0.3 is 5.69 Å². The predicted octanol–water partition coefficient (Wildman–Crippen LogP) is 0.397. The van der Waals surface area contributed by atoms with Crippen molar-refractivity contribution in [2.24, 2.45) is 5.73 Å². The first-order valence-electron chi connectivity index (χ1n) is 5.59. The van der Waals surface area contributed by atoms with Gasteiger partial charge in [-0.15, -0.1) is 0 Å². The van der Waals surface area contributed by atoms with Crippen LogP contribution in [-0.4, -0.2) is 33.5 Å². The van der Waals surface area contributed by atoms with Crippen LogP contribution in [0.1, 0.15) is 0 Å². The number of nitrogens with zero attached hydrogens (tertiary/aromatic N) is 1. The molecule has 1 rings (SSSR count). The fraction of sp³-hybridized carbons (Fsp3) is 0.273. The molecule has 0 fully saturated rings. The molecule has 20 heavy (non-hydrogen) atoms. The Morgan fingerprint density at radius 1 is 1.45 bits per heavy atom. The number of nitrogens with two attached hydrogens (primary N) is 1. The highest BCUT2D eigenvalue weighted by atomic mass is 32.2. The van der Waals surface area contributed by atoms with Crippen molar-refractivity contribution in [2.75, 3.05) is 20.2 Å². The summed E-state index contributed by atoms with van der Waals surface area (Å²) in [7, 11) is -2.55. The number of nitrogens with one attached hydrogen (secondary N) is 1. The number of methoxy groups -OCH3 is 1. The fourth-order valence-corrected chi connectivity index (χ4v) is 2.40. The van der Waals surface area contributed by atoms with Crippen molar-refractivity contribution in [3.8, 4) is 5.75 Å². The van der Waals surface area contributed by atoms with E-state index in [4.69, 9.17) is 10.5 Å². The van der Waals surface area contributed by atoms with Gasteiger partial charge in [0.2, 0.25) is 10.0 Å². The number of ether oxygens (including phenoxy) is 1. The fourth-order valence-electron chi connectivity index (χ4n) is 1.40. The highest BCUT2D eigenvalue weighted by molar-refractivity contribution is 7.89. The van der Waals surface area contributed by atoms with Gasteiger partial charge in [0.05, 0.1) is 16.9 Å². The number of rotatable bonds is 7. The van der Waals surface area contributed by atoms with Crippen LogP contribution < -0.4 is 15.2 Å². The minimum atomic E-state index is -3.82. The normalized spacial score (nSPS) is 11.7. The van der Waals surface area contributed by atoms with Gasteiger partial charge in [-0.1, -0.05) is 12.2 Å². The summed E-state index contributed by atoms with van der Waals surface area (Å²) in [5, 5.41) is 10.8. The Kier molecular flexibility index (Phi) is 5.62. The molecule has 1 aromatic rings. The number of nitro groups is 1. The van der Waals surface area contributed by atoms with Gasteiger partial charge in [0, 0.05) is 19.2 Å². The van der Waals surface area contributed by atoms with Crippen molar-refractivity contribution < 1.29 is 18.1 Å². The maximum Gasteiger partial charge on any atom is 0.312 e. The number of benzene rings is 1. The van der Waals surface area contributed by atoms with Crippen molar-refractivity contribution in [1.29, 1.82) is 0 Å². The van der Waals surface area contributed by atoms with E-state index in [1.165, 1.54) is 19.2 Å². The Hall–Kier alpha value is -1.97. The highest BCUT2D eigenvalue weighted by Crippen LogP contribution is 2.29. The molecule has 1 aromatic carbocycles. The highest BCUT2D eigenvalue weighted by Gasteiger charge is 2.21. The zero-order valence-corrected chi connectivity index (χ0v) is 11.6. The van der Waals surface area contributed by atoms with Gasteiger partial charge in [0.1, 0.15) is 0 Å². The molecule has 0 bridgehead atoms. The quantitative estimate of drug-likeness (QED) is 0.426. The molecular weight excluding hydrogens is 286 g/mol. The minimum absolute atomic E-state index is 0.00280. The monoisotopic (exact) mass is 301 g/mol. The van der Waals surface area contributed by atoms with Crippen molar-refractivity contribution >= 4 is 15.7 Å². The Labute approximate surface area is 116 Å². The number of nitro benzene ring substituents is 1. The van der Waals surface area contributed by atoms with Crippen molar-refractivity contribution in [2.45, 2.75) is 4.90 Å². The lowest BCUT2D eigenvalue weighted by atomic mass is 10.3. The van der Waals surface area contributed by atoms with Gasteiger partial charge in [-0.3, -0.25) is 10.1 Å². The van der Waals surface area contributed by atoms with Crippen LogP contribution in [0, 0.1) is 10.1 Å². The van der Waals surface area contributed by atoms with Crippen LogP contribution in [0.15, 0.2) is 35.2 Å². The molecule has 0 aliphatic rings. The van der Waals surface area contributed by atoms with Crippen LogP contribution in [0.4, 0.5) is 5.69 Å². The van der Waals surface area contributed by atoms with Gasteiger partial charge in [0.15, 0.2) is 5.75 Å². The third-order valence-electron chi connectivity index (χ3n) is 2.35. The van der Waals surface area contributed by atoms with Crippen LogP contribution in [-0.2, 0) is 10.0 Å². The van der Waals surface area contributed by atoms with E-state index < -0.39 is 20.6 Å². The second-order valence-corrected chi connectivity index (χ2v) is 5.42. The second kappa shape index (κ2) is 6.98. The average Bonchev–Trinajstić information content (AvgIpc) is 2.42. The molecule has 0 aliphatic carbocycles. The molecule has 0 spiro atoms. The van der Waals surface area contributed by atoms with Crippen molar-refractivity contribution in [3.63, 3.8) is 0 Å².